The van der Waals surface area contributed by atoms with E-state index in [1.54, 1.807) is 45.1 Å². The van der Waals surface area contributed by atoms with Crippen LogP contribution in [0.3, 0.4) is 0 Å². The lowest BCUT2D eigenvalue weighted by Gasteiger charge is -2.11. The summed E-state index contributed by atoms with van der Waals surface area (Å²) in [5.41, 5.74) is 1.16. The fourth-order valence-corrected chi connectivity index (χ4v) is 1.59. The van der Waals surface area contributed by atoms with Gasteiger partial charge in [0.25, 0.3) is 0 Å². The quantitative estimate of drug-likeness (QED) is 0.587. The highest BCUT2D eigenvalue weighted by molar-refractivity contribution is 6.16. The highest BCUT2D eigenvalue weighted by atomic mass is 16.5. The number of aromatic nitrogens is 1. The summed E-state index contributed by atoms with van der Waals surface area (Å²) in [4.78, 5) is 29.3. The summed E-state index contributed by atoms with van der Waals surface area (Å²) in [6, 6.07) is 3.17. The molecular weight excluding hydrogens is 272 g/mol. The number of carbonyl (C=O) groups excluding carboxylic acids is 2. The number of carbonyl (C=O) groups is 2. The van der Waals surface area contributed by atoms with Crippen LogP contribution >= 0.6 is 0 Å². The van der Waals surface area contributed by atoms with Gasteiger partial charge in [0.2, 0.25) is 0 Å². The van der Waals surface area contributed by atoms with Crippen LogP contribution in [0.15, 0.2) is 24.5 Å². The van der Waals surface area contributed by atoms with Crippen LogP contribution in [-0.2, 0) is 14.3 Å². The molecule has 114 valence electrons. The lowest BCUT2D eigenvalue weighted by Crippen LogP contribution is -2.12. The third-order valence-corrected chi connectivity index (χ3v) is 2.44. The van der Waals surface area contributed by atoms with Crippen LogP contribution in [0.2, 0.25) is 0 Å². The second kappa shape index (κ2) is 8.04. The second-order valence-electron chi connectivity index (χ2n) is 4.38. The summed E-state index contributed by atoms with van der Waals surface area (Å²) in [5.74, 6) is -0.921. The average molecular weight is 292 g/mol. The van der Waals surface area contributed by atoms with Crippen LogP contribution < -0.4 is 0 Å². The van der Waals surface area contributed by atoms with Crippen molar-refractivity contribution < 1.29 is 19.1 Å². The Morgan fingerprint density at radius 2 is 1.86 bits per heavy atom. The van der Waals surface area contributed by atoms with E-state index >= 15 is 0 Å². The third kappa shape index (κ3) is 4.91. The Labute approximate surface area is 124 Å². The molecular formula is C15H20N2O4. The molecule has 1 rings (SSSR count). The topological polar surface area (TPSA) is 68.7 Å². The van der Waals surface area contributed by atoms with Gasteiger partial charge in [0.1, 0.15) is 5.69 Å². The van der Waals surface area contributed by atoms with Gasteiger partial charge in [0.15, 0.2) is 0 Å². The monoisotopic (exact) mass is 292 g/mol. The van der Waals surface area contributed by atoms with Crippen LogP contribution in [0, 0.1) is 0 Å². The molecule has 0 aromatic carbocycles. The summed E-state index contributed by atoms with van der Waals surface area (Å²) in [6.07, 6.45) is 3.11. The highest BCUT2D eigenvalue weighted by Crippen LogP contribution is 2.16. The Bertz CT molecular complexity index is 521. The van der Waals surface area contributed by atoms with E-state index in [1.165, 1.54) is 12.3 Å². The van der Waals surface area contributed by atoms with Gasteiger partial charge in [0.05, 0.1) is 18.8 Å². The molecule has 0 aliphatic rings. The van der Waals surface area contributed by atoms with Crippen molar-refractivity contribution in [3.05, 3.63) is 35.8 Å². The normalized spacial score (nSPS) is 11.0. The number of nitrogens with zero attached hydrogens (tertiary/aromatic N) is 2. The van der Waals surface area contributed by atoms with E-state index in [1.807, 2.05) is 0 Å². The van der Waals surface area contributed by atoms with Gasteiger partial charge in [-0.2, -0.15) is 0 Å². The molecule has 0 atom stereocenters. The van der Waals surface area contributed by atoms with Crippen molar-refractivity contribution in [2.75, 3.05) is 27.3 Å². The van der Waals surface area contributed by atoms with Gasteiger partial charge >= 0.3 is 11.9 Å². The van der Waals surface area contributed by atoms with E-state index in [-0.39, 0.29) is 18.9 Å². The number of rotatable bonds is 6. The molecule has 6 heteroatoms. The maximum atomic E-state index is 12.0. The first-order valence-electron chi connectivity index (χ1n) is 6.68. The molecule has 0 unspecified atom stereocenters. The van der Waals surface area contributed by atoms with Crippen molar-refractivity contribution in [2.24, 2.45) is 0 Å². The summed E-state index contributed by atoms with van der Waals surface area (Å²) in [5, 5.41) is 0. The van der Waals surface area contributed by atoms with E-state index in [2.05, 4.69) is 4.98 Å². The summed E-state index contributed by atoms with van der Waals surface area (Å²) in [7, 11) is 3.61. The number of esters is 2. The minimum absolute atomic E-state index is 0.202. The third-order valence-electron chi connectivity index (χ3n) is 2.44. The lowest BCUT2D eigenvalue weighted by molar-refractivity contribution is -0.136. The molecule has 21 heavy (non-hydrogen) atoms. The smallest absolute Gasteiger partial charge is 0.356 e. The predicted molar refractivity (Wildman–Crippen MR) is 78.5 cm³/mol. The fraction of sp³-hybridized carbons (Fsp3) is 0.400. The van der Waals surface area contributed by atoms with E-state index in [4.69, 9.17) is 9.47 Å². The second-order valence-corrected chi connectivity index (χ2v) is 4.38. The van der Waals surface area contributed by atoms with E-state index < -0.39 is 11.9 Å². The molecule has 0 bridgehead atoms. The van der Waals surface area contributed by atoms with Gasteiger partial charge in [0, 0.05) is 32.1 Å². The molecule has 0 radical (unpaired) electrons. The standard InChI is InChI=1S/C15H20N2O4/c1-5-20-14(18)12(10-17(3)4)11-7-8-13(16-9-11)15(19)21-6-2/h7-10H,5-6H2,1-4H3/b12-10-. The first-order chi connectivity index (χ1) is 9.99. The zero-order chi connectivity index (χ0) is 15.8. The van der Waals surface area contributed by atoms with Gasteiger partial charge in [-0.1, -0.05) is 6.07 Å². The maximum absolute atomic E-state index is 12.0. The Kier molecular flexibility index (Phi) is 6.39. The van der Waals surface area contributed by atoms with Crippen molar-refractivity contribution in [3.8, 4) is 0 Å². The zero-order valence-electron chi connectivity index (χ0n) is 12.8. The molecule has 1 heterocycles. The first kappa shape index (κ1) is 16.7. The van der Waals surface area contributed by atoms with Gasteiger partial charge in [-0.05, 0) is 19.9 Å². The van der Waals surface area contributed by atoms with E-state index in [9.17, 15) is 9.59 Å². The molecule has 0 fully saturated rings. The predicted octanol–water partition coefficient (Wildman–Crippen LogP) is 1.72. The SMILES string of the molecule is CCOC(=O)/C(=C\N(C)C)c1ccc(C(=O)OCC)nc1. The molecule has 0 N–H and O–H groups in total. The Hall–Kier alpha value is -2.37. The minimum atomic E-state index is -0.488. The summed E-state index contributed by atoms with van der Waals surface area (Å²) >= 11 is 0. The Morgan fingerprint density at radius 3 is 2.33 bits per heavy atom. The van der Waals surface area contributed by atoms with Crippen LogP contribution in [0.4, 0.5) is 0 Å². The zero-order valence-corrected chi connectivity index (χ0v) is 12.8. The highest BCUT2D eigenvalue weighted by Gasteiger charge is 2.15. The summed E-state index contributed by atoms with van der Waals surface area (Å²) < 4.78 is 9.89. The van der Waals surface area contributed by atoms with Crippen molar-refractivity contribution in [1.29, 1.82) is 0 Å². The average Bonchev–Trinajstić information content (AvgIpc) is 2.45. The summed E-state index contributed by atoms with van der Waals surface area (Å²) in [6.45, 7) is 4.05. The molecule has 0 saturated heterocycles. The molecule has 0 amide bonds. The van der Waals surface area contributed by atoms with E-state index in [0.29, 0.717) is 11.1 Å². The number of hydrogen-bond donors (Lipinski definition) is 0. The Morgan fingerprint density at radius 1 is 1.19 bits per heavy atom. The maximum Gasteiger partial charge on any atom is 0.356 e. The van der Waals surface area contributed by atoms with Gasteiger partial charge in [-0.3, -0.25) is 0 Å². The lowest BCUT2D eigenvalue weighted by atomic mass is 10.1. The van der Waals surface area contributed by atoms with Gasteiger partial charge in [-0.15, -0.1) is 0 Å². The van der Waals surface area contributed by atoms with Crippen molar-refractivity contribution >= 4 is 17.5 Å². The Balaban J connectivity index is 3.04. The first-order valence-corrected chi connectivity index (χ1v) is 6.68. The molecule has 0 aliphatic carbocycles. The molecule has 0 saturated carbocycles. The van der Waals surface area contributed by atoms with Gasteiger partial charge in [-0.25, -0.2) is 14.6 Å². The van der Waals surface area contributed by atoms with Crippen molar-refractivity contribution in [1.82, 2.24) is 9.88 Å². The number of hydrogen-bond acceptors (Lipinski definition) is 6. The minimum Gasteiger partial charge on any atom is -0.462 e. The van der Waals surface area contributed by atoms with Crippen LogP contribution in [0.25, 0.3) is 5.57 Å². The van der Waals surface area contributed by atoms with Gasteiger partial charge < -0.3 is 14.4 Å². The number of pyridine rings is 1. The van der Waals surface area contributed by atoms with Crippen LogP contribution in [0.1, 0.15) is 29.9 Å². The molecule has 0 aliphatic heterocycles. The van der Waals surface area contributed by atoms with Crippen molar-refractivity contribution in [2.45, 2.75) is 13.8 Å². The fourth-order valence-electron chi connectivity index (χ4n) is 1.59. The molecule has 6 nitrogen and oxygen atoms in total. The van der Waals surface area contributed by atoms with Crippen LogP contribution in [-0.4, -0.2) is 49.1 Å². The van der Waals surface area contributed by atoms with Crippen molar-refractivity contribution in [3.63, 3.8) is 0 Å². The number of ether oxygens (including phenoxy) is 2. The largest absolute Gasteiger partial charge is 0.462 e. The molecule has 1 aromatic rings. The van der Waals surface area contributed by atoms with E-state index in [0.717, 1.165) is 0 Å². The molecule has 0 spiro atoms. The van der Waals surface area contributed by atoms with Crippen LogP contribution in [0.5, 0.6) is 0 Å². The molecule has 1 aromatic heterocycles.